The van der Waals surface area contributed by atoms with Gasteiger partial charge in [-0.15, -0.1) is 0 Å². The molecule has 0 radical (unpaired) electrons. The summed E-state index contributed by atoms with van der Waals surface area (Å²) < 4.78 is 35.8. The van der Waals surface area contributed by atoms with E-state index in [-0.39, 0.29) is 69.0 Å². The lowest BCUT2D eigenvalue weighted by Gasteiger charge is -2.26. The number of nitrogens with zero attached hydrogens (tertiary/aromatic N) is 5. The average molecular weight is 500 g/mol. The molecule has 0 saturated carbocycles. The maximum absolute atomic E-state index is 15.1. The zero-order valence-electron chi connectivity index (χ0n) is 19.6. The van der Waals surface area contributed by atoms with E-state index in [9.17, 15) is 14.7 Å². The van der Waals surface area contributed by atoms with Crippen molar-refractivity contribution in [3.8, 4) is 0 Å². The minimum Gasteiger partial charge on any atom is -0.388 e. The number of hydrazone groups is 1. The minimum absolute atomic E-state index is 0.0936. The zero-order valence-corrected chi connectivity index (χ0v) is 19.6. The maximum Gasteiger partial charge on any atom is 0.259 e. The number of carbonyl (C=O) groups excluding carboxylic acids is 2. The topological polar surface area (TPSA) is 165 Å². The van der Waals surface area contributed by atoms with Crippen molar-refractivity contribution in [3.05, 3.63) is 23.8 Å². The molecule has 2 heterocycles. The van der Waals surface area contributed by atoms with E-state index in [1.165, 1.54) is 21.7 Å². The van der Waals surface area contributed by atoms with Gasteiger partial charge in [-0.25, -0.2) is 25.2 Å². The summed E-state index contributed by atoms with van der Waals surface area (Å²) in [4.78, 5) is 26.4. The van der Waals surface area contributed by atoms with Gasteiger partial charge in [0.2, 0.25) is 12.3 Å². The van der Waals surface area contributed by atoms with Gasteiger partial charge in [-0.1, -0.05) is 0 Å². The number of nitrogens with one attached hydrogen (secondary N) is 2. The Labute approximate surface area is 201 Å². The highest BCUT2D eigenvalue weighted by atomic mass is 19.1. The number of carbonyl (C=O) groups is 2. The molecule has 0 spiro atoms. The van der Waals surface area contributed by atoms with E-state index in [0.29, 0.717) is 0 Å². The van der Waals surface area contributed by atoms with Crippen molar-refractivity contribution in [1.29, 1.82) is 0 Å². The zero-order chi connectivity index (χ0) is 25.8. The third-order valence-electron chi connectivity index (χ3n) is 5.61. The highest BCUT2D eigenvalue weighted by molar-refractivity contribution is 5.78. The van der Waals surface area contributed by atoms with Crippen LogP contribution in [0.1, 0.15) is 13.8 Å². The molecule has 2 fully saturated rings. The van der Waals surface area contributed by atoms with Gasteiger partial charge < -0.3 is 30.7 Å². The standard InChI is InChI=1S/C20H31F2N9O4/c1-13(32)25-10-20(2)11-29(19(34)35-20)14-7-15(21)18(16(22)8-14)28-4-3-26-30(6-5-28)17(33)9-31(24)27-12-23/h7-8,12,19,26,34H,3-6,9-11,24H2,1-2H3,(H2,23,27)(H,25,32). The van der Waals surface area contributed by atoms with E-state index in [0.717, 1.165) is 23.6 Å². The van der Waals surface area contributed by atoms with Crippen LogP contribution in [0.2, 0.25) is 0 Å². The van der Waals surface area contributed by atoms with Gasteiger partial charge in [-0.3, -0.25) is 14.6 Å². The fourth-order valence-corrected chi connectivity index (χ4v) is 3.96. The largest absolute Gasteiger partial charge is 0.388 e. The average Bonchev–Trinajstić information content (AvgIpc) is 2.92. The number of hydrogen-bond donors (Lipinski definition) is 5. The fraction of sp³-hybridized carbons (Fsp3) is 0.550. The van der Waals surface area contributed by atoms with Crippen molar-refractivity contribution in [2.45, 2.75) is 25.9 Å². The molecule has 1 aromatic rings. The molecule has 0 aliphatic carbocycles. The predicted octanol–water partition coefficient (Wildman–Crippen LogP) is -1.80. The highest BCUT2D eigenvalue weighted by Gasteiger charge is 2.41. The molecule has 35 heavy (non-hydrogen) atoms. The number of aliphatic hydroxyl groups excluding tert-OH is 1. The summed E-state index contributed by atoms with van der Waals surface area (Å²) in [7, 11) is 0. The van der Waals surface area contributed by atoms with Crippen molar-refractivity contribution in [1.82, 2.24) is 20.9 Å². The van der Waals surface area contributed by atoms with E-state index < -0.39 is 23.6 Å². The number of halogens is 2. The molecular weight excluding hydrogens is 468 g/mol. The first kappa shape index (κ1) is 26.3. The number of anilines is 2. The monoisotopic (exact) mass is 499 g/mol. The molecular formula is C20H31F2N9O4. The van der Waals surface area contributed by atoms with Gasteiger partial charge in [0.15, 0.2) is 11.6 Å². The molecule has 194 valence electrons. The third-order valence-corrected chi connectivity index (χ3v) is 5.61. The van der Waals surface area contributed by atoms with Gasteiger partial charge >= 0.3 is 0 Å². The second kappa shape index (κ2) is 11.0. The molecule has 2 aliphatic rings. The summed E-state index contributed by atoms with van der Waals surface area (Å²) in [6, 6.07) is 2.24. The molecule has 15 heteroatoms. The van der Waals surface area contributed by atoms with E-state index >= 15 is 8.78 Å². The van der Waals surface area contributed by atoms with E-state index in [2.05, 4.69) is 15.8 Å². The van der Waals surface area contributed by atoms with Crippen LogP contribution in [0.3, 0.4) is 0 Å². The van der Waals surface area contributed by atoms with Gasteiger partial charge in [0.1, 0.15) is 24.2 Å². The summed E-state index contributed by atoms with van der Waals surface area (Å²) in [6.07, 6.45) is -0.484. The molecule has 0 aromatic heterocycles. The lowest BCUT2D eigenvalue weighted by atomic mass is 10.1. The fourth-order valence-electron chi connectivity index (χ4n) is 3.96. The molecule has 2 saturated heterocycles. The van der Waals surface area contributed by atoms with E-state index in [1.54, 1.807) is 6.92 Å². The minimum atomic E-state index is -1.44. The molecule has 1 aromatic carbocycles. The number of benzene rings is 1. The van der Waals surface area contributed by atoms with Crippen LogP contribution in [0.25, 0.3) is 0 Å². The molecule has 13 nitrogen and oxygen atoms in total. The van der Waals surface area contributed by atoms with Crippen LogP contribution in [0, 0.1) is 11.6 Å². The number of rotatable bonds is 7. The van der Waals surface area contributed by atoms with Gasteiger partial charge in [-0.05, 0) is 19.1 Å². The summed E-state index contributed by atoms with van der Waals surface area (Å²) in [6.45, 7) is 3.79. The maximum atomic E-state index is 15.1. The van der Waals surface area contributed by atoms with Crippen molar-refractivity contribution >= 4 is 29.5 Å². The van der Waals surface area contributed by atoms with E-state index in [4.69, 9.17) is 16.3 Å². The number of nitrogens with two attached hydrogens (primary N) is 2. The highest BCUT2D eigenvalue weighted by Crippen LogP contribution is 2.34. The van der Waals surface area contributed by atoms with Crippen LogP contribution in [0.4, 0.5) is 20.2 Å². The summed E-state index contributed by atoms with van der Waals surface area (Å²) in [5.41, 5.74) is 6.95. The Morgan fingerprint density at radius 2 is 2.06 bits per heavy atom. The van der Waals surface area contributed by atoms with Crippen molar-refractivity contribution in [2.24, 2.45) is 16.7 Å². The first-order valence-electron chi connectivity index (χ1n) is 10.9. The van der Waals surface area contributed by atoms with Gasteiger partial charge in [0, 0.05) is 38.8 Å². The van der Waals surface area contributed by atoms with Gasteiger partial charge in [0.25, 0.3) is 5.91 Å². The number of hydrogen-bond acceptors (Lipinski definition) is 10. The SMILES string of the molecule is CC(=O)NCC1(C)CN(c2cc(F)c(N3CCNN(C(=O)CN(N)/N=C\N)CC3)c(F)c2)C(O)O1. The quantitative estimate of drug-likeness (QED) is 0.125. The van der Waals surface area contributed by atoms with E-state index in [1.807, 2.05) is 0 Å². The molecule has 2 aliphatic heterocycles. The first-order valence-corrected chi connectivity index (χ1v) is 10.9. The Hall–Kier alpha value is -3.27. The van der Waals surface area contributed by atoms with Crippen molar-refractivity contribution < 1.29 is 28.2 Å². The van der Waals surface area contributed by atoms with Crippen LogP contribution in [0.5, 0.6) is 0 Å². The Kier molecular flexibility index (Phi) is 8.26. The Bertz CT molecular complexity index is 946. The van der Waals surface area contributed by atoms with Gasteiger partial charge in [0.05, 0.1) is 13.1 Å². The van der Waals surface area contributed by atoms with Crippen LogP contribution >= 0.6 is 0 Å². The number of hydrazine groups is 2. The van der Waals surface area contributed by atoms with Crippen LogP contribution in [-0.2, 0) is 14.3 Å². The predicted molar refractivity (Wildman–Crippen MR) is 123 cm³/mol. The molecule has 2 atom stereocenters. The molecule has 2 amide bonds. The molecule has 2 unspecified atom stereocenters. The van der Waals surface area contributed by atoms with Crippen LogP contribution in [0.15, 0.2) is 17.2 Å². The first-order chi connectivity index (χ1) is 16.5. The molecule has 0 bridgehead atoms. The van der Waals surface area contributed by atoms with Gasteiger partial charge in [-0.2, -0.15) is 5.10 Å². The lowest BCUT2D eigenvalue weighted by Crippen LogP contribution is -2.48. The van der Waals surface area contributed by atoms with Crippen molar-refractivity contribution in [2.75, 3.05) is 55.6 Å². The van der Waals surface area contributed by atoms with Crippen LogP contribution < -0.4 is 32.1 Å². The Balaban J connectivity index is 1.70. The summed E-state index contributed by atoms with van der Waals surface area (Å²) >= 11 is 0. The number of aliphatic hydroxyl groups is 1. The molecule has 7 N–H and O–H groups in total. The normalized spacial score (nSPS) is 23.0. The van der Waals surface area contributed by atoms with Crippen LogP contribution in [-0.4, -0.2) is 91.2 Å². The van der Waals surface area contributed by atoms with Crippen molar-refractivity contribution in [3.63, 3.8) is 0 Å². The summed E-state index contributed by atoms with van der Waals surface area (Å²) in [5.74, 6) is 3.23. The third kappa shape index (κ3) is 6.45. The Morgan fingerprint density at radius 3 is 2.69 bits per heavy atom. The lowest BCUT2D eigenvalue weighted by molar-refractivity contribution is -0.135. The number of ether oxygens (including phenoxy) is 1. The number of amides is 2. The second-order valence-corrected chi connectivity index (χ2v) is 8.49. The summed E-state index contributed by atoms with van der Waals surface area (Å²) in [5, 5.41) is 18.7. The molecule has 3 rings (SSSR count). The Morgan fingerprint density at radius 1 is 1.37 bits per heavy atom. The second-order valence-electron chi connectivity index (χ2n) is 8.49. The smallest absolute Gasteiger partial charge is 0.259 e.